The lowest BCUT2D eigenvalue weighted by Gasteiger charge is -2.08. The molecule has 0 amide bonds. The van der Waals surface area contributed by atoms with Crippen molar-refractivity contribution in [2.75, 3.05) is 0 Å². The summed E-state index contributed by atoms with van der Waals surface area (Å²) in [6.07, 6.45) is 1.24. The maximum absolute atomic E-state index is 11.4. The molecule has 0 aromatic rings. The number of hydrogen-bond acceptors (Lipinski definition) is 3. The SMILES string of the molecule is O=C1C[C@@H]2C(=O)C[C@@H]3C(=O)C[C@H]1C32. The zero-order chi connectivity index (χ0) is 9.16. The second kappa shape index (κ2) is 2.08. The maximum atomic E-state index is 11.4. The number of carbonyl (C=O) groups excluding carboxylic acids is 3. The molecule has 0 radical (unpaired) electrons. The molecule has 0 spiro atoms. The number of hydrogen-bond donors (Lipinski definition) is 0. The largest absolute Gasteiger partial charge is 0.299 e. The molecule has 0 heterocycles. The van der Waals surface area contributed by atoms with Gasteiger partial charge in [0.1, 0.15) is 17.3 Å². The highest BCUT2D eigenvalue weighted by atomic mass is 16.1. The standard InChI is InChI=1S/C10H10O3/c11-7-1-4-8(12)3-6-9(13)2-5(7)10(4)6/h4-6,10H,1-3H2/t4-,5-,6-,10?/m1/s1. The van der Waals surface area contributed by atoms with Crippen molar-refractivity contribution < 1.29 is 14.4 Å². The van der Waals surface area contributed by atoms with Crippen LogP contribution in [-0.4, -0.2) is 17.3 Å². The summed E-state index contributed by atoms with van der Waals surface area (Å²) in [5.41, 5.74) is 0. The highest BCUT2D eigenvalue weighted by Gasteiger charge is 2.60. The first-order valence-corrected chi connectivity index (χ1v) is 4.76. The van der Waals surface area contributed by atoms with Gasteiger partial charge in [0.15, 0.2) is 0 Å². The summed E-state index contributed by atoms with van der Waals surface area (Å²) < 4.78 is 0. The smallest absolute Gasteiger partial charge is 0.137 e. The Morgan fingerprint density at radius 2 is 1.00 bits per heavy atom. The number of rotatable bonds is 0. The molecule has 3 rings (SSSR count). The van der Waals surface area contributed by atoms with Crippen molar-refractivity contribution in [1.82, 2.24) is 0 Å². The highest BCUT2D eigenvalue weighted by molar-refractivity contribution is 6.04. The predicted octanol–water partition coefficient (Wildman–Crippen LogP) is 0.370. The molecule has 13 heavy (non-hydrogen) atoms. The number of Topliss-reactive ketones (excluding diaryl/α,β-unsaturated/α-hetero) is 3. The molecule has 3 saturated carbocycles. The summed E-state index contributed by atoms with van der Waals surface area (Å²) in [6.45, 7) is 0. The van der Waals surface area contributed by atoms with E-state index in [1.54, 1.807) is 0 Å². The first-order chi connectivity index (χ1) is 6.18. The predicted molar refractivity (Wildman–Crippen MR) is 42.8 cm³/mol. The average molecular weight is 178 g/mol. The molecule has 0 aliphatic heterocycles. The van der Waals surface area contributed by atoms with Crippen molar-refractivity contribution in [2.45, 2.75) is 19.3 Å². The van der Waals surface area contributed by atoms with Crippen LogP contribution in [0.15, 0.2) is 0 Å². The Balaban J connectivity index is 2.07. The molecule has 3 heteroatoms. The summed E-state index contributed by atoms with van der Waals surface area (Å²) in [5, 5.41) is 0. The topological polar surface area (TPSA) is 51.2 Å². The minimum atomic E-state index is -0.0889. The third-order valence-corrected chi connectivity index (χ3v) is 3.90. The van der Waals surface area contributed by atoms with Gasteiger partial charge >= 0.3 is 0 Å². The van der Waals surface area contributed by atoms with E-state index in [1.165, 1.54) is 0 Å². The van der Waals surface area contributed by atoms with Crippen LogP contribution >= 0.6 is 0 Å². The van der Waals surface area contributed by atoms with E-state index in [1.807, 2.05) is 0 Å². The molecule has 3 atom stereocenters. The Morgan fingerprint density at radius 3 is 1.31 bits per heavy atom. The normalized spacial score (nSPS) is 47.5. The van der Waals surface area contributed by atoms with E-state index in [2.05, 4.69) is 0 Å². The van der Waals surface area contributed by atoms with E-state index in [0.29, 0.717) is 19.3 Å². The summed E-state index contributed by atoms with van der Waals surface area (Å²) in [6, 6.07) is 0. The van der Waals surface area contributed by atoms with E-state index in [9.17, 15) is 14.4 Å². The van der Waals surface area contributed by atoms with Gasteiger partial charge in [-0.25, -0.2) is 0 Å². The van der Waals surface area contributed by atoms with Crippen molar-refractivity contribution in [3.05, 3.63) is 0 Å². The molecule has 3 aliphatic carbocycles. The monoisotopic (exact) mass is 178 g/mol. The van der Waals surface area contributed by atoms with Crippen LogP contribution in [0.4, 0.5) is 0 Å². The fourth-order valence-corrected chi connectivity index (χ4v) is 3.34. The third-order valence-electron chi connectivity index (χ3n) is 3.90. The van der Waals surface area contributed by atoms with E-state index in [4.69, 9.17) is 0 Å². The van der Waals surface area contributed by atoms with Gasteiger partial charge in [0, 0.05) is 37.0 Å². The lowest BCUT2D eigenvalue weighted by molar-refractivity contribution is -0.124. The van der Waals surface area contributed by atoms with Gasteiger partial charge in [-0.2, -0.15) is 0 Å². The van der Waals surface area contributed by atoms with Crippen molar-refractivity contribution in [1.29, 1.82) is 0 Å². The Bertz CT molecular complexity index is 279. The molecule has 68 valence electrons. The molecule has 3 nitrogen and oxygen atoms in total. The quantitative estimate of drug-likeness (QED) is 0.538. The van der Waals surface area contributed by atoms with Gasteiger partial charge in [0.2, 0.25) is 0 Å². The zero-order valence-corrected chi connectivity index (χ0v) is 7.16. The van der Waals surface area contributed by atoms with Crippen LogP contribution in [0, 0.1) is 23.7 Å². The van der Waals surface area contributed by atoms with Gasteiger partial charge in [-0.15, -0.1) is 0 Å². The van der Waals surface area contributed by atoms with Crippen molar-refractivity contribution in [2.24, 2.45) is 23.7 Å². The van der Waals surface area contributed by atoms with Gasteiger partial charge in [-0.1, -0.05) is 0 Å². The van der Waals surface area contributed by atoms with Gasteiger partial charge in [0.25, 0.3) is 0 Å². The molecule has 0 N–H and O–H groups in total. The second-order valence-electron chi connectivity index (χ2n) is 4.41. The van der Waals surface area contributed by atoms with Gasteiger partial charge in [0.05, 0.1) is 0 Å². The molecule has 3 aliphatic rings. The zero-order valence-electron chi connectivity index (χ0n) is 7.16. The molecular formula is C10H10O3. The minimum Gasteiger partial charge on any atom is -0.299 e. The van der Waals surface area contributed by atoms with Gasteiger partial charge in [-0.05, 0) is 5.92 Å². The fraction of sp³-hybridized carbons (Fsp3) is 0.700. The van der Waals surface area contributed by atoms with Crippen LogP contribution in [0.2, 0.25) is 0 Å². The lowest BCUT2D eigenvalue weighted by atomic mass is 9.92. The van der Waals surface area contributed by atoms with Crippen LogP contribution in [0.25, 0.3) is 0 Å². The maximum Gasteiger partial charge on any atom is 0.137 e. The molecule has 0 aromatic carbocycles. The summed E-state index contributed by atoms with van der Waals surface area (Å²) in [7, 11) is 0. The summed E-state index contributed by atoms with van der Waals surface area (Å²) in [4.78, 5) is 34.3. The molecule has 0 bridgehead atoms. The molecule has 3 fully saturated rings. The van der Waals surface area contributed by atoms with Gasteiger partial charge in [-0.3, -0.25) is 14.4 Å². The molecular weight excluding hydrogens is 168 g/mol. The van der Waals surface area contributed by atoms with Crippen molar-refractivity contribution in [3.63, 3.8) is 0 Å². The number of carbonyl (C=O) groups is 3. The third kappa shape index (κ3) is 0.729. The van der Waals surface area contributed by atoms with Crippen LogP contribution in [-0.2, 0) is 14.4 Å². The highest BCUT2D eigenvalue weighted by Crippen LogP contribution is 2.53. The van der Waals surface area contributed by atoms with E-state index < -0.39 is 0 Å². The first-order valence-electron chi connectivity index (χ1n) is 4.76. The summed E-state index contributed by atoms with van der Waals surface area (Å²) >= 11 is 0. The van der Waals surface area contributed by atoms with Crippen LogP contribution in [0.5, 0.6) is 0 Å². The summed E-state index contributed by atoms with van der Waals surface area (Å²) in [5.74, 6) is 0.293. The van der Waals surface area contributed by atoms with E-state index in [-0.39, 0.29) is 41.0 Å². The number of ketones is 3. The average Bonchev–Trinajstić information content (AvgIpc) is 2.63. The van der Waals surface area contributed by atoms with Crippen molar-refractivity contribution in [3.8, 4) is 0 Å². The molecule has 0 aromatic heterocycles. The van der Waals surface area contributed by atoms with Crippen LogP contribution in [0.1, 0.15) is 19.3 Å². The second-order valence-corrected chi connectivity index (χ2v) is 4.41. The van der Waals surface area contributed by atoms with Crippen LogP contribution < -0.4 is 0 Å². The Labute approximate surface area is 75.5 Å². The fourth-order valence-electron chi connectivity index (χ4n) is 3.34. The lowest BCUT2D eigenvalue weighted by Crippen LogP contribution is -2.12. The van der Waals surface area contributed by atoms with E-state index >= 15 is 0 Å². The molecule has 0 unspecified atom stereocenters. The van der Waals surface area contributed by atoms with Gasteiger partial charge < -0.3 is 0 Å². The Morgan fingerprint density at radius 1 is 0.692 bits per heavy atom. The molecule has 0 saturated heterocycles. The first kappa shape index (κ1) is 7.42. The minimum absolute atomic E-state index is 0.0889. The van der Waals surface area contributed by atoms with Crippen molar-refractivity contribution >= 4 is 17.3 Å². The van der Waals surface area contributed by atoms with Crippen LogP contribution in [0.3, 0.4) is 0 Å². The van der Waals surface area contributed by atoms with E-state index in [0.717, 1.165) is 0 Å². The Hall–Kier alpha value is -0.990. The Kier molecular flexibility index (Phi) is 1.19.